The monoisotopic (exact) mass is 345 g/mol. The largest absolute Gasteiger partial charge is 0.453 e. The summed E-state index contributed by atoms with van der Waals surface area (Å²) in [6.45, 7) is 10.3. The highest BCUT2D eigenvalue weighted by Gasteiger charge is 2.09. The fourth-order valence-electron chi connectivity index (χ4n) is 1.98. The first kappa shape index (κ1) is 22.6. The van der Waals surface area contributed by atoms with Gasteiger partial charge in [0.25, 0.3) is 0 Å². The maximum atomic E-state index is 10.4. The average molecular weight is 345 g/mol. The van der Waals surface area contributed by atoms with Crippen molar-refractivity contribution in [2.75, 3.05) is 5.32 Å². The summed E-state index contributed by atoms with van der Waals surface area (Å²) in [4.78, 5) is 20.7. The molecule has 1 amide bonds. The third-order valence-corrected chi connectivity index (χ3v) is 3.53. The van der Waals surface area contributed by atoms with Gasteiger partial charge in [0.15, 0.2) is 12.0 Å². The molecule has 0 saturated heterocycles. The first-order valence-electron chi connectivity index (χ1n) is 9.08. The molecule has 138 valence electrons. The topological polar surface area (TPSA) is 59.3 Å². The number of anilines is 1. The van der Waals surface area contributed by atoms with Crippen molar-refractivity contribution in [1.82, 2.24) is 0 Å². The van der Waals surface area contributed by atoms with Crippen molar-refractivity contribution in [1.29, 1.82) is 0 Å². The van der Waals surface area contributed by atoms with Gasteiger partial charge in [0.1, 0.15) is 5.76 Å². The van der Waals surface area contributed by atoms with Gasteiger partial charge in [0.2, 0.25) is 6.41 Å². The molecular weight excluding hydrogens is 314 g/mol. The molecule has 0 atom stereocenters. The molecule has 1 saturated carbocycles. The number of carbonyl (C=O) groups is 2. The molecule has 2 aromatic rings. The Kier molecular flexibility index (Phi) is 12.7. The number of nitrogens with one attached hydrogen (secondary N) is 1. The zero-order valence-electron chi connectivity index (χ0n) is 16.0. The third-order valence-electron chi connectivity index (χ3n) is 3.53. The van der Waals surface area contributed by atoms with Gasteiger partial charge < -0.3 is 9.73 Å². The highest BCUT2D eigenvalue weighted by molar-refractivity contribution is 5.75. The van der Waals surface area contributed by atoms with Gasteiger partial charge in [-0.25, -0.2) is 0 Å². The van der Waals surface area contributed by atoms with E-state index in [-0.39, 0.29) is 0 Å². The van der Waals surface area contributed by atoms with Gasteiger partial charge in [0.05, 0.1) is 0 Å². The molecular formula is C21H31NO3. The number of hydrogen-bond acceptors (Lipinski definition) is 3. The summed E-state index contributed by atoms with van der Waals surface area (Å²) in [5, 5.41) is 2.54. The number of benzene rings is 1. The maximum Gasteiger partial charge on any atom is 0.211 e. The molecule has 0 radical (unpaired) electrons. The van der Waals surface area contributed by atoms with Gasteiger partial charge in [-0.05, 0) is 42.3 Å². The number of carbonyl (C=O) groups excluding carboxylic acids is 2. The van der Waals surface area contributed by atoms with E-state index in [0.717, 1.165) is 11.5 Å². The SMILES string of the molecule is CC.CC.CC1CCC1.O=CNc1ccc(-c2ccc(C=O)o2)cc1. The summed E-state index contributed by atoms with van der Waals surface area (Å²) in [5.74, 6) is 1.99. The van der Waals surface area contributed by atoms with Crippen LogP contribution in [0.5, 0.6) is 0 Å². The Morgan fingerprint density at radius 1 is 0.960 bits per heavy atom. The van der Waals surface area contributed by atoms with E-state index in [4.69, 9.17) is 4.42 Å². The number of rotatable bonds is 4. The minimum atomic E-state index is 0.296. The van der Waals surface area contributed by atoms with Gasteiger partial charge in [-0.1, -0.05) is 53.9 Å². The number of hydrogen-bond donors (Lipinski definition) is 1. The van der Waals surface area contributed by atoms with Crippen LogP contribution in [0, 0.1) is 5.92 Å². The zero-order chi connectivity index (χ0) is 19.1. The molecule has 0 bridgehead atoms. The predicted octanol–water partition coefficient (Wildman–Crippen LogP) is 6.19. The molecule has 3 rings (SSSR count). The standard InChI is InChI=1S/C12H9NO3.C5H10.2C2H6/c14-7-11-5-6-12(16-11)9-1-3-10(4-2-9)13-8-15;1-5-3-2-4-5;2*1-2/h1-8H,(H,13,15);5H,2-4H2,1H3;2*1-2H3. The van der Waals surface area contributed by atoms with E-state index in [1.807, 2.05) is 27.7 Å². The number of aldehydes is 1. The summed E-state index contributed by atoms with van der Waals surface area (Å²) in [6, 6.07) is 10.5. The molecule has 1 aromatic carbocycles. The van der Waals surface area contributed by atoms with Crippen LogP contribution in [0.2, 0.25) is 0 Å². The minimum Gasteiger partial charge on any atom is -0.453 e. The van der Waals surface area contributed by atoms with Crippen LogP contribution in [0.4, 0.5) is 5.69 Å². The van der Waals surface area contributed by atoms with E-state index >= 15 is 0 Å². The van der Waals surface area contributed by atoms with Crippen LogP contribution in [-0.4, -0.2) is 12.7 Å². The van der Waals surface area contributed by atoms with E-state index < -0.39 is 0 Å². The summed E-state index contributed by atoms with van der Waals surface area (Å²) in [6.07, 6.45) is 5.74. The summed E-state index contributed by atoms with van der Waals surface area (Å²) >= 11 is 0. The molecule has 0 spiro atoms. The molecule has 1 aromatic heterocycles. The van der Waals surface area contributed by atoms with E-state index in [1.54, 1.807) is 36.4 Å². The number of amides is 1. The van der Waals surface area contributed by atoms with Crippen LogP contribution in [0.25, 0.3) is 11.3 Å². The van der Waals surface area contributed by atoms with Crippen molar-refractivity contribution >= 4 is 18.4 Å². The highest BCUT2D eigenvalue weighted by atomic mass is 16.3. The molecule has 1 N–H and O–H groups in total. The van der Waals surface area contributed by atoms with Gasteiger partial charge >= 0.3 is 0 Å². The zero-order valence-corrected chi connectivity index (χ0v) is 16.0. The quantitative estimate of drug-likeness (QED) is 0.672. The van der Waals surface area contributed by atoms with Crippen molar-refractivity contribution in [3.63, 3.8) is 0 Å². The molecule has 0 unspecified atom stereocenters. The second-order valence-corrected chi connectivity index (χ2v) is 5.20. The molecule has 1 aliphatic carbocycles. The molecule has 1 fully saturated rings. The van der Waals surface area contributed by atoms with Crippen LogP contribution in [0.15, 0.2) is 40.8 Å². The Labute approximate surface area is 151 Å². The Bertz CT molecular complexity index is 583. The third kappa shape index (κ3) is 8.34. The lowest BCUT2D eigenvalue weighted by atomic mass is 9.88. The van der Waals surface area contributed by atoms with Crippen LogP contribution < -0.4 is 5.32 Å². The van der Waals surface area contributed by atoms with Gasteiger partial charge in [-0.2, -0.15) is 0 Å². The molecule has 4 nitrogen and oxygen atoms in total. The molecule has 4 heteroatoms. The van der Waals surface area contributed by atoms with Crippen molar-refractivity contribution in [2.45, 2.75) is 53.9 Å². The van der Waals surface area contributed by atoms with Crippen molar-refractivity contribution < 1.29 is 14.0 Å². The Morgan fingerprint density at radius 2 is 1.52 bits per heavy atom. The van der Waals surface area contributed by atoms with Gasteiger partial charge in [-0.15, -0.1) is 0 Å². The van der Waals surface area contributed by atoms with E-state index in [2.05, 4.69) is 12.2 Å². The van der Waals surface area contributed by atoms with Crippen molar-refractivity contribution in [2.24, 2.45) is 5.92 Å². The maximum absolute atomic E-state index is 10.4. The molecule has 0 aliphatic heterocycles. The summed E-state index contributed by atoms with van der Waals surface area (Å²) in [5.41, 5.74) is 1.56. The van der Waals surface area contributed by atoms with E-state index in [0.29, 0.717) is 29.9 Å². The lowest BCUT2D eigenvalue weighted by molar-refractivity contribution is -0.105. The fraction of sp³-hybridized carbons (Fsp3) is 0.429. The molecule has 25 heavy (non-hydrogen) atoms. The van der Waals surface area contributed by atoms with Crippen molar-refractivity contribution in [3.05, 3.63) is 42.2 Å². The number of furan rings is 1. The lowest BCUT2D eigenvalue weighted by Crippen LogP contribution is -2.04. The summed E-state index contributed by atoms with van der Waals surface area (Å²) < 4.78 is 5.26. The predicted molar refractivity (Wildman–Crippen MR) is 105 cm³/mol. The van der Waals surface area contributed by atoms with Crippen LogP contribution in [0.1, 0.15) is 64.4 Å². The van der Waals surface area contributed by atoms with E-state index in [1.165, 1.54) is 19.3 Å². The van der Waals surface area contributed by atoms with Gasteiger partial charge in [-0.3, -0.25) is 9.59 Å². The molecule has 1 heterocycles. The first-order chi connectivity index (χ1) is 12.2. The first-order valence-corrected chi connectivity index (χ1v) is 9.08. The van der Waals surface area contributed by atoms with Crippen LogP contribution in [-0.2, 0) is 4.79 Å². The van der Waals surface area contributed by atoms with Gasteiger partial charge in [0, 0.05) is 11.3 Å². The van der Waals surface area contributed by atoms with E-state index in [9.17, 15) is 9.59 Å². The second kappa shape index (κ2) is 14.0. The Hall–Kier alpha value is -2.36. The Morgan fingerprint density at radius 3 is 1.88 bits per heavy atom. The normalized spacial score (nSPS) is 11.9. The highest BCUT2D eigenvalue weighted by Crippen LogP contribution is 2.24. The van der Waals surface area contributed by atoms with Crippen molar-refractivity contribution in [3.8, 4) is 11.3 Å². The second-order valence-electron chi connectivity index (χ2n) is 5.20. The molecule has 1 aliphatic rings. The fourth-order valence-corrected chi connectivity index (χ4v) is 1.98. The smallest absolute Gasteiger partial charge is 0.211 e. The lowest BCUT2D eigenvalue weighted by Gasteiger charge is -2.18. The Balaban J connectivity index is 0.000000534. The summed E-state index contributed by atoms with van der Waals surface area (Å²) in [7, 11) is 0. The minimum absolute atomic E-state index is 0.296. The van der Waals surface area contributed by atoms with Crippen LogP contribution >= 0.6 is 0 Å². The van der Waals surface area contributed by atoms with Crippen LogP contribution in [0.3, 0.4) is 0 Å². The average Bonchev–Trinajstić information content (AvgIpc) is 3.14.